The molecule has 35 heavy (non-hydrogen) atoms. The molecule has 0 spiro atoms. The fourth-order valence-electron chi connectivity index (χ4n) is 3.36. The number of anilines is 2. The highest BCUT2D eigenvalue weighted by atomic mass is 19.4. The monoisotopic (exact) mass is 494 g/mol. The molecule has 3 rings (SSSR count). The van der Waals surface area contributed by atoms with Gasteiger partial charge in [-0.15, -0.1) is 13.2 Å². The normalized spacial score (nSPS) is 15.6. The molecule has 0 saturated carbocycles. The number of carbonyl (C=O) groups is 4. The number of amides is 4. The van der Waals surface area contributed by atoms with E-state index in [0.29, 0.717) is 0 Å². The molecule has 0 bridgehead atoms. The number of hydrogen-bond donors (Lipinski definition) is 3. The van der Waals surface area contributed by atoms with Gasteiger partial charge in [0.05, 0.1) is 24.8 Å². The summed E-state index contributed by atoms with van der Waals surface area (Å²) in [6.07, 6.45) is -5.42. The molecule has 4 amide bonds. The van der Waals surface area contributed by atoms with Gasteiger partial charge in [0.25, 0.3) is 0 Å². The zero-order valence-corrected chi connectivity index (χ0v) is 18.3. The van der Waals surface area contributed by atoms with Gasteiger partial charge in [0, 0.05) is 18.8 Å². The predicted molar refractivity (Wildman–Crippen MR) is 117 cm³/mol. The fraction of sp³-hybridized carbons (Fsp3) is 0.273. The maximum absolute atomic E-state index is 12.8. The molecule has 1 aliphatic rings. The summed E-state index contributed by atoms with van der Waals surface area (Å²) in [6.45, 7) is 0.0991. The smallest absolute Gasteiger partial charge is 0.465 e. The van der Waals surface area contributed by atoms with E-state index in [-0.39, 0.29) is 30.0 Å². The first-order valence-electron chi connectivity index (χ1n) is 10.3. The van der Waals surface area contributed by atoms with Crippen LogP contribution in [0.15, 0.2) is 48.5 Å². The van der Waals surface area contributed by atoms with Crippen LogP contribution < -0.4 is 20.7 Å². The molecule has 1 fully saturated rings. The van der Waals surface area contributed by atoms with Gasteiger partial charge in [0.2, 0.25) is 11.8 Å². The predicted octanol–water partition coefficient (Wildman–Crippen LogP) is 2.73. The van der Waals surface area contributed by atoms with E-state index in [9.17, 15) is 32.3 Å². The quantitative estimate of drug-likeness (QED) is 0.531. The van der Waals surface area contributed by atoms with Crippen molar-refractivity contribution in [1.82, 2.24) is 10.2 Å². The third-order valence-corrected chi connectivity index (χ3v) is 4.89. The van der Waals surface area contributed by atoms with Gasteiger partial charge in [0.15, 0.2) is 5.75 Å². The van der Waals surface area contributed by atoms with E-state index in [1.54, 1.807) is 0 Å². The summed E-state index contributed by atoms with van der Waals surface area (Å²) in [5.74, 6) is -2.47. The van der Waals surface area contributed by atoms with Gasteiger partial charge in [-0.25, -0.2) is 9.59 Å². The van der Waals surface area contributed by atoms with Crippen LogP contribution >= 0.6 is 0 Å². The van der Waals surface area contributed by atoms with E-state index in [1.165, 1.54) is 49.6 Å². The van der Waals surface area contributed by atoms with Crippen LogP contribution in [0.2, 0.25) is 0 Å². The lowest BCUT2D eigenvalue weighted by atomic mass is 10.1. The van der Waals surface area contributed by atoms with Crippen molar-refractivity contribution in [3.8, 4) is 5.75 Å². The minimum atomic E-state index is -4.97. The van der Waals surface area contributed by atoms with Crippen LogP contribution in [0.5, 0.6) is 5.75 Å². The van der Waals surface area contributed by atoms with Crippen LogP contribution in [0.4, 0.5) is 29.3 Å². The number of rotatable bonds is 6. The summed E-state index contributed by atoms with van der Waals surface area (Å²) in [4.78, 5) is 50.6. The van der Waals surface area contributed by atoms with Gasteiger partial charge in [-0.3, -0.25) is 9.59 Å². The molecule has 0 aromatic heterocycles. The minimum Gasteiger partial charge on any atom is -0.465 e. The molecule has 2 aromatic carbocycles. The van der Waals surface area contributed by atoms with Crippen molar-refractivity contribution in [2.24, 2.45) is 0 Å². The van der Waals surface area contributed by atoms with Crippen molar-refractivity contribution in [2.45, 2.75) is 18.8 Å². The zero-order chi connectivity index (χ0) is 25.6. The zero-order valence-electron chi connectivity index (χ0n) is 18.3. The second-order valence-corrected chi connectivity index (χ2v) is 7.30. The van der Waals surface area contributed by atoms with Crippen LogP contribution in [0.1, 0.15) is 16.8 Å². The van der Waals surface area contributed by atoms with E-state index in [2.05, 4.69) is 25.4 Å². The first-order valence-corrected chi connectivity index (χ1v) is 10.3. The van der Waals surface area contributed by atoms with E-state index < -0.39 is 48.4 Å². The van der Waals surface area contributed by atoms with E-state index in [4.69, 9.17) is 0 Å². The van der Waals surface area contributed by atoms with Gasteiger partial charge in [-0.05, 0) is 30.3 Å². The number of benzene rings is 2. The maximum Gasteiger partial charge on any atom is 0.573 e. The molecule has 3 N–H and O–H groups in total. The molecule has 1 saturated heterocycles. The molecule has 13 heteroatoms. The Morgan fingerprint density at radius 3 is 2.57 bits per heavy atom. The topological polar surface area (TPSA) is 126 Å². The van der Waals surface area contributed by atoms with E-state index in [0.717, 1.165) is 11.0 Å². The number of para-hydroxylation sites is 2. The summed E-state index contributed by atoms with van der Waals surface area (Å²) >= 11 is 0. The van der Waals surface area contributed by atoms with Gasteiger partial charge < -0.3 is 30.3 Å². The molecule has 1 atom stereocenters. The minimum absolute atomic E-state index is 0.00956. The third-order valence-electron chi connectivity index (χ3n) is 4.89. The molecule has 0 aliphatic carbocycles. The molecule has 2 aromatic rings. The number of nitrogens with one attached hydrogen (secondary N) is 3. The molecule has 10 nitrogen and oxygen atoms in total. The first kappa shape index (κ1) is 25.3. The fourth-order valence-corrected chi connectivity index (χ4v) is 3.36. The number of nitrogens with zero attached hydrogens (tertiary/aromatic N) is 1. The number of ether oxygens (including phenoxy) is 2. The van der Waals surface area contributed by atoms with Crippen LogP contribution in [-0.2, 0) is 14.3 Å². The van der Waals surface area contributed by atoms with Crippen LogP contribution in [0, 0.1) is 0 Å². The number of urea groups is 1. The second kappa shape index (κ2) is 10.8. The number of piperazine rings is 1. The van der Waals surface area contributed by atoms with Crippen LogP contribution in [-0.4, -0.2) is 61.3 Å². The van der Waals surface area contributed by atoms with Crippen molar-refractivity contribution < 1.29 is 41.8 Å². The number of hydrogen-bond acceptors (Lipinski definition) is 6. The summed E-state index contributed by atoms with van der Waals surface area (Å²) in [7, 11) is 1.21. The Morgan fingerprint density at radius 1 is 1.11 bits per heavy atom. The van der Waals surface area contributed by atoms with Gasteiger partial charge in [-0.1, -0.05) is 18.2 Å². The van der Waals surface area contributed by atoms with Crippen molar-refractivity contribution in [3.05, 3.63) is 54.1 Å². The standard InChI is InChI=1S/C22H21F3N4O6/c1-34-20(32)13-5-4-6-14(11-13)27-18(30)12-16-19(31)26-9-10-29(16)21(33)28-15-7-2-3-8-17(15)35-22(23,24)25/h2-8,11,16H,9-10,12H2,1H3,(H,26,31)(H,27,30)(H,28,33). The highest BCUT2D eigenvalue weighted by Crippen LogP contribution is 2.30. The number of methoxy groups -OCH3 is 1. The molecule has 1 unspecified atom stereocenters. The Balaban J connectivity index is 1.72. The molecule has 186 valence electrons. The largest absolute Gasteiger partial charge is 0.573 e. The Labute approximate surface area is 197 Å². The maximum atomic E-state index is 12.8. The van der Waals surface area contributed by atoms with E-state index >= 15 is 0 Å². The summed E-state index contributed by atoms with van der Waals surface area (Å²) in [5, 5.41) is 7.39. The average molecular weight is 494 g/mol. The molecular weight excluding hydrogens is 473 g/mol. The van der Waals surface area contributed by atoms with Crippen LogP contribution in [0.3, 0.4) is 0 Å². The summed E-state index contributed by atoms with van der Waals surface area (Å²) < 4.78 is 46.6. The summed E-state index contributed by atoms with van der Waals surface area (Å²) in [6, 6.07) is 8.73. The number of esters is 1. The summed E-state index contributed by atoms with van der Waals surface area (Å²) in [5.41, 5.74) is 0.202. The van der Waals surface area contributed by atoms with E-state index in [1.807, 2.05) is 0 Å². The van der Waals surface area contributed by atoms with Crippen LogP contribution in [0.25, 0.3) is 0 Å². The number of alkyl halides is 3. The second-order valence-electron chi connectivity index (χ2n) is 7.30. The Morgan fingerprint density at radius 2 is 1.86 bits per heavy atom. The molecule has 1 heterocycles. The Bertz CT molecular complexity index is 1120. The van der Waals surface area contributed by atoms with Crippen molar-refractivity contribution >= 4 is 35.2 Å². The lowest BCUT2D eigenvalue weighted by Gasteiger charge is -2.34. The van der Waals surface area contributed by atoms with Crippen molar-refractivity contribution in [2.75, 3.05) is 30.8 Å². The lowest BCUT2D eigenvalue weighted by Crippen LogP contribution is -2.59. The number of halogens is 3. The Kier molecular flexibility index (Phi) is 7.79. The molecule has 1 aliphatic heterocycles. The highest BCUT2D eigenvalue weighted by Gasteiger charge is 2.36. The van der Waals surface area contributed by atoms with Crippen molar-refractivity contribution in [3.63, 3.8) is 0 Å². The van der Waals surface area contributed by atoms with Crippen molar-refractivity contribution in [1.29, 1.82) is 0 Å². The Hall–Kier alpha value is -4.29. The highest BCUT2D eigenvalue weighted by molar-refractivity contribution is 6.00. The van der Waals surface area contributed by atoms with Gasteiger partial charge in [-0.2, -0.15) is 0 Å². The lowest BCUT2D eigenvalue weighted by molar-refractivity contribution is -0.274. The third kappa shape index (κ3) is 6.85. The SMILES string of the molecule is COC(=O)c1cccc(NC(=O)CC2C(=O)NCCN2C(=O)Nc2ccccc2OC(F)(F)F)c1. The van der Waals surface area contributed by atoms with Gasteiger partial charge in [0.1, 0.15) is 6.04 Å². The number of carbonyl (C=O) groups excluding carboxylic acids is 4. The van der Waals surface area contributed by atoms with Gasteiger partial charge >= 0.3 is 18.4 Å². The molecular formula is C22H21F3N4O6. The average Bonchev–Trinajstić information content (AvgIpc) is 2.80. The first-order chi connectivity index (χ1) is 16.6. The molecule has 0 radical (unpaired) electrons.